The number of nitrogens with one attached hydrogen (secondary N) is 1. The maximum Gasteiger partial charge on any atom is 0.236 e. The molecule has 18 heavy (non-hydrogen) atoms. The number of hydrogen-bond acceptors (Lipinski definition) is 3. The second-order valence-corrected chi connectivity index (χ2v) is 4.78. The summed E-state index contributed by atoms with van der Waals surface area (Å²) in [6, 6.07) is 7.33. The first-order valence-corrected chi connectivity index (χ1v) is 6.44. The largest absolute Gasteiger partial charge is 0.490 e. The summed E-state index contributed by atoms with van der Waals surface area (Å²) in [6.45, 7) is 2.13. The Morgan fingerprint density at radius 3 is 2.83 bits per heavy atom. The average Bonchev–Trinajstić information content (AvgIpc) is 2.31. The Morgan fingerprint density at radius 2 is 2.22 bits per heavy atom. The van der Waals surface area contributed by atoms with Crippen LogP contribution in [0.15, 0.2) is 24.3 Å². The van der Waals surface area contributed by atoms with E-state index in [2.05, 4.69) is 5.32 Å². The summed E-state index contributed by atoms with van der Waals surface area (Å²) in [6.07, 6.45) is 3.84. The molecule has 1 amide bonds. The zero-order valence-electron chi connectivity index (χ0n) is 10.7. The van der Waals surface area contributed by atoms with Crippen LogP contribution in [0.25, 0.3) is 0 Å². The molecule has 4 heteroatoms. The predicted octanol–water partition coefficient (Wildman–Crippen LogP) is 1.58. The van der Waals surface area contributed by atoms with Crippen LogP contribution in [0.4, 0.5) is 0 Å². The van der Waals surface area contributed by atoms with E-state index in [0.29, 0.717) is 12.6 Å². The van der Waals surface area contributed by atoms with E-state index in [4.69, 9.17) is 10.5 Å². The van der Waals surface area contributed by atoms with Gasteiger partial charge in [0, 0.05) is 12.1 Å². The quantitative estimate of drug-likeness (QED) is 0.831. The number of benzene rings is 1. The standard InChI is InChI=1S/C14H20N2O2/c1-10(15)14(17)16-9-11-5-2-3-8-13(11)18-12-6-4-7-12/h2-3,5,8,10,12H,4,6-7,9,15H2,1H3,(H,16,17)/t10-/m1/s1. The van der Waals surface area contributed by atoms with E-state index in [1.54, 1.807) is 6.92 Å². The van der Waals surface area contributed by atoms with Gasteiger partial charge in [-0.25, -0.2) is 0 Å². The SMILES string of the molecule is C[C@@H](N)C(=O)NCc1ccccc1OC1CCC1. The van der Waals surface area contributed by atoms with Gasteiger partial charge in [-0.15, -0.1) is 0 Å². The van der Waals surface area contributed by atoms with E-state index in [0.717, 1.165) is 24.2 Å². The average molecular weight is 248 g/mol. The molecular formula is C14H20N2O2. The number of carbonyl (C=O) groups excluding carboxylic acids is 1. The summed E-state index contributed by atoms with van der Waals surface area (Å²) in [7, 11) is 0. The summed E-state index contributed by atoms with van der Waals surface area (Å²) < 4.78 is 5.89. The summed E-state index contributed by atoms with van der Waals surface area (Å²) in [4.78, 5) is 11.4. The molecule has 1 atom stereocenters. The molecule has 1 fully saturated rings. The van der Waals surface area contributed by atoms with Gasteiger partial charge in [-0.3, -0.25) is 4.79 Å². The normalized spacial score (nSPS) is 16.8. The van der Waals surface area contributed by atoms with Gasteiger partial charge in [0.15, 0.2) is 0 Å². The van der Waals surface area contributed by atoms with Crippen LogP contribution in [-0.2, 0) is 11.3 Å². The summed E-state index contributed by atoms with van der Waals surface area (Å²) in [5, 5.41) is 2.80. The minimum absolute atomic E-state index is 0.145. The fraction of sp³-hybridized carbons (Fsp3) is 0.500. The summed E-state index contributed by atoms with van der Waals surface area (Å²) in [5.41, 5.74) is 6.50. The molecule has 0 heterocycles. The number of hydrogen-bond donors (Lipinski definition) is 2. The van der Waals surface area contributed by atoms with Crippen molar-refractivity contribution in [2.45, 2.75) is 44.9 Å². The van der Waals surface area contributed by atoms with Crippen LogP contribution >= 0.6 is 0 Å². The van der Waals surface area contributed by atoms with Crippen LogP contribution in [0.5, 0.6) is 5.75 Å². The third-order valence-electron chi connectivity index (χ3n) is 3.19. The lowest BCUT2D eigenvalue weighted by Crippen LogP contribution is -2.38. The molecule has 1 aliphatic carbocycles. The highest BCUT2D eigenvalue weighted by atomic mass is 16.5. The molecular weight excluding hydrogens is 228 g/mol. The van der Waals surface area contributed by atoms with Gasteiger partial charge < -0.3 is 15.8 Å². The van der Waals surface area contributed by atoms with Gasteiger partial charge in [0.1, 0.15) is 5.75 Å². The minimum Gasteiger partial charge on any atom is -0.490 e. The topological polar surface area (TPSA) is 64.4 Å². The molecule has 0 aromatic heterocycles. The molecule has 0 saturated heterocycles. The lowest BCUT2D eigenvalue weighted by Gasteiger charge is -2.27. The maximum absolute atomic E-state index is 11.4. The van der Waals surface area contributed by atoms with Gasteiger partial charge in [-0.05, 0) is 32.3 Å². The van der Waals surface area contributed by atoms with Crippen molar-refractivity contribution in [1.82, 2.24) is 5.32 Å². The number of para-hydroxylation sites is 1. The van der Waals surface area contributed by atoms with Crippen molar-refractivity contribution in [1.29, 1.82) is 0 Å². The molecule has 0 unspecified atom stereocenters. The number of rotatable bonds is 5. The lowest BCUT2D eigenvalue weighted by atomic mass is 9.96. The number of nitrogens with two attached hydrogens (primary N) is 1. The van der Waals surface area contributed by atoms with Gasteiger partial charge in [-0.2, -0.15) is 0 Å². The Morgan fingerprint density at radius 1 is 1.50 bits per heavy atom. The smallest absolute Gasteiger partial charge is 0.236 e. The highest BCUT2D eigenvalue weighted by Crippen LogP contribution is 2.27. The molecule has 3 N–H and O–H groups in total. The molecule has 0 spiro atoms. The van der Waals surface area contributed by atoms with Crippen LogP contribution in [0, 0.1) is 0 Å². The fourth-order valence-electron chi connectivity index (χ4n) is 1.78. The lowest BCUT2D eigenvalue weighted by molar-refractivity contribution is -0.122. The van der Waals surface area contributed by atoms with Crippen LogP contribution in [0.3, 0.4) is 0 Å². The second kappa shape index (κ2) is 5.87. The number of carbonyl (C=O) groups is 1. The Bertz CT molecular complexity index is 414. The van der Waals surface area contributed by atoms with Crippen LogP contribution in [-0.4, -0.2) is 18.1 Å². The Labute approximate surface area is 108 Å². The van der Waals surface area contributed by atoms with Crippen molar-refractivity contribution in [3.8, 4) is 5.75 Å². The van der Waals surface area contributed by atoms with E-state index >= 15 is 0 Å². The molecule has 0 bridgehead atoms. The van der Waals surface area contributed by atoms with Crippen LogP contribution in [0.1, 0.15) is 31.7 Å². The van der Waals surface area contributed by atoms with Crippen molar-refractivity contribution in [2.75, 3.05) is 0 Å². The zero-order chi connectivity index (χ0) is 13.0. The van der Waals surface area contributed by atoms with E-state index < -0.39 is 6.04 Å². The van der Waals surface area contributed by atoms with E-state index in [-0.39, 0.29) is 5.91 Å². The molecule has 1 saturated carbocycles. The van der Waals surface area contributed by atoms with Crippen molar-refractivity contribution in [3.63, 3.8) is 0 Å². The zero-order valence-corrected chi connectivity index (χ0v) is 10.7. The molecule has 0 radical (unpaired) electrons. The molecule has 1 aromatic carbocycles. The second-order valence-electron chi connectivity index (χ2n) is 4.78. The predicted molar refractivity (Wildman–Crippen MR) is 70.2 cm³/mol. The molecule has 98 valence electrons. The number of ether oxygens (including phenoxy) is 1. The van der Waals surface area contributed by atoms with Crippen molar-refractivity contribution < 1.29 is 9.53 Å². The van der Waals surface area contributed by atoms with Crippen molar-refractivity contribution in [2.24, 2.45) is 5.73 Å². The van der Waals surface area contributed by atoms with Crippen molar-refractivity contribution >= 4 is 5.91 Å². The Hall–Kier alpha value is -1.55. The van der Waals surface area contributed by atoms with Crippen LogP contribution in [0.2, 0.25) is 0 Å². The van der Waals surface area contributed by atoms with Gasteiger partial charge >= 0.3 is 0 Å². The third-order valence-corrected chi connectivity index (χ3v) is 3.19. The van der Waals surface area contributed by atoms with Gasteiger partial charge in [0.25, 0.3) is 0 Å². The highest BCUT2D eigenvalue weighted by Gasteiger charge is 2.20. The molecule has 0 aliphatic heterocycles. The first-order valence-electron chi connectivity index (χ1n) is 6.44. The van der Waals surface area contributed by atoms with Gasteiger partial charge in [-0.1, -0.05) is 18.2 Å². The fourth-order valence-corrected chi connectivity index (χ4v) is 1.78. The van der Waals surface area contributed by atoms with E-state index in [1.165, 1.54) is 6.42 Å². The summed E-state index contributed by atoms with van der Waals surface area (Å²) >= 11 is 0. The summed E-state index contributed by atoms with van der Waals surface area (Å²) in [5.74, 6) is 0.723. The Kier molecular flexibility index (Phi) is 4.20. The van der Waals surface area contributed by atoms with E-state index in [1.807, 2.05) is 24.3 Å². The molecule has 1 aliphatic rings. The van der Waals surface area contributed by atoms with Crippen molar-refractivity contribution in [3.05, 3.63) is 29.8 Å². The highest BCUT2D eigenvalue weighted by molar-refractivity contribution is 5.80. The van der Waals surface area contributed by atoms with Gasteiger partial charge in [0.2, 0.25) is 5.91 Å². The first-order chi connectivity index (χ1) is 8.66. The molecule has 4 nitrogen and oxygen atoms in total. The minimum atomic E-state index is -0.482. The first kappa shape index (κ1) is 12.9. The van der Waals surface area contributed by atoms with Gasteiger partial charge in [0.05, 0.1) is 12.1 Å². The third kappa shape index (κ3) is 3.23. The Balaban J connectivity index is 1.95. The van der Waals surface area contributed by atoms with Crippen LogP contribution < -0.4 is 15.8 Å². The maximum atomic E-state index is 11.4. The van der Waals surface area contributed by atoms with E-state index in [9.17, 15) is 4.79 Å². The monoisotopic (exact) mass is 248 g/mol. The molecule has 2 rings (SSSR count). The molecule has 1 aromatic rings. The number of amides is 1.